The van der Waals surface area contributed by atoms with Crippen molar-refractivity contribution in [1.29, 1.82) is 0 Å². The average molecular weight is 345 g/mol. The summed E-state index contributed by atoms with van der Waals surface area (Å²) in [6, 6.07) is 3.26. The molecular weight excluding hydrogens is 323 g/mol. The Hall–Kier alpha value is -1.50. The van der Waals surface area contributed by atoms with Crippen LogP contribution in [-0.4, -0.2) is 36.7 Å². The number of carbonyl (C=O) groups is 1. The van der Waals surface area contributed by atoms with Crippen LogP contribution in [0, 0.1) is 18.8 Å². The van der Waals surface area contributed by atoms with Crippen LogP contribution in [0.1, 0.15) is 43.2 Å². The van der Waals surface area contributed by atoms with Crippen LogP contribution in [-0.2, 0) is 9.53 Å². The molecule has 0 radical (unpaired) electrons. The van der Waals surface area contributed by atoms with Crippen molar-refractivity contribution in [3.05, 3.63) is 23.7 Å². The minimum Gasteiger partial charge on any atom is -0.464 e. The van der Waals surface area contributed by atoms with Crippen molar-refractivity contribution >= 4 is 5.91 Å². The average Bonchev–Trinajstić information content (AvgIpc) is 3.00. The fourth-order valence-corrected chi connectivity index (χ4v) is 3.68. The van der Waals surface area contributed by atoms with Crippen LogP contribution < -0.4 is 0 Å². The fourth-order valence-electron chi connectivity index (χ4n) is 3.68. The number of amides is 1. The van der Waals surface area contributed by atoms with Crippen molar-refractivity contribution in [2.45, 2.75) is 44.8 Å². The molecule has 1 saturated heterocycles. The van der Waals surface area contributed by atoms with Gasteiger partial charge in [0.1, 0.15) is 17.6 Å². The molecule has 1 aromatic heterocycles. The van der Waals surface area contributed by atoms with Gasteiger partial charge in [0.15, 0.2) is 0 Å². The number of morpholine rings is 1. The third-order valence-corrected chi connectivity index (χ3v) is 4.99. The lowest BCUT2D eigenvalue weighted by Crippen LogP contribution is -2.47. The maximum atomic E-state index is 13.0. The molecule has 2 fully saturated rings. The summed E-state index contributed by atoms with van der Waals surface area (Å²) in [4.78, 5) is 14.5. The van der Waals surface area contributed by atoms with E-state index in [0.717, 1.165) is 5.76 Å². The summed E-state index contributed by atoms with van der Waals surface area (Å²) in [5, 5.41) is 0. The Kier molecular flexibility index (Phi) is 4.90. The number of hydrogen-bond acceptors (Lipinski definition) is 3. The Labute approximate surface area is 138 Å². The van der Waals surface area contributed by atoms with Crippen molar-refractivity contribution in [3.63, 3.8) is 0 Å². The third-order valence-electron chi connectivity index (χ3n) is 4.99. The zero-order chi connectivity index (χ0) is 17.3. The molecule has 1 aromatic rings. The van der Waals surface area contributed by atoms with Gasteiger partial charge in [-0.15, -0.1) is 0 Å². The third kappa shape index (κ3) is 3.61. The van der Waals surface area contributed by atoms with Gasteiger partial charge >= 0.3 is 6.18 Å². The van der Waals surface area contributed by atoms with E-state index in [2.05, 4.69) is 0 Å². The predicted octanol–water partition coefficient (Wildman–Crippen LogP) is 3.86. The van der Waals surface area contributed by atoms with Gasteiger partial charge in [-0.25, -0.2) is 0 Å². The topological polar surface area (TPSA) is 42.7 Å². The highest BCUT2D eigenvalue weighted by atomic mass is 19.4. The molecule has 1 aliphatic carbocycles. The van der Waals surface area contributed by atoms with E-state index in [-0.39, 0.29) is 24.8 Å². The quantitative estimate of drug-likeness (QED) is 0.817. The molecule has 0 bridgehead atoms. The van der Waals surface area contributed by atoms with E-state index >= 15 is 0 Å². The Morgan fingerprint density at radius 3 is 2.75 bits per heavy atom. The molecule has 4 nitrogen and oxygen atoms in total. The molecular formula is C17H22F3NO3. The van der Waals surface area contributed by atoms with Crippen molar-refractivity contribution in [3.8, 4) is 0 Å². The van der Waals surface area contributed by atoms with Crippen LogP contribution in [0.4, 0.5) is 13.2 Å². The highest BCUT2D eigenvalue weighted by Crippen LogP contribution is 2.41. The van der Waals surface area contributed by atoms with Gasteiger partial charge in [-0.05, 0) is 38.3 Å². The maximum absolute atomic E-state index is 13.0. The minimum absolute atomic E-state index is 0.108. The second-order valence-electron chi connectivity index (χ2n) is 6.67. The first-order valence-corrected chi connectivity index (χ1v) is 8.37. The number of furan rings is 1. The van der Waals surface area contributed by atoms with E-state index in [1.54, 1.807) is 11.0 Å². The lowest BCUT2D eigenvalue weighted by molar-refractivity contribution is -0.188. The van der Waals surface area contributed by atoms with Gasteiger partial charge in [-0.1, -0.05) is 6.42 Å². The van der Waals surface area contributed by atoms with E-state index < -0.39 is 18.0 Å². The molecule has 3 unspecified atom stereocenters. The number of alkyl halides is 3. The maximum Gasteiger partial charge on any atom is 0.391 e. The molecule has 0 N–H and O–H groups in total. The Bertz CT molecular complexity index is 584. The molecule has 3 rings (SSSR count). The summed E-state index contributed by atoms with van der Waals surface area (Å²) in [6.45, 7) is 2.91. The van der Waals surface area contributed by atoms with E-state index in [9.17, 15) is 18.0 Å². The fraction of sp³-hybridized carbons (Fsp3) is 0.706. The summed E-state index contributed by atoms with van der Waals surface area (Å²) in [6.07, 6.45) is -3.25. The van der Waals surface area contributed by atoms with Gasteiger partial charge in [0.25, 0.3) is 0 Å². The van der Waals surface area contributed by atoms with Gasteiger partial charge in [-0.2, -0.15) is 13.2 Å². The number of carbonyl (C=O) groups excluding carboxylic acids is 1. The lowest BCUT2D eigenvalue weighted by Gasteiger charge is -2.38. The monoisotopic (exact) mass is 345 g/mol. The SMILES string of the molecule is Cc1ccc(C2COCCN2C(=O)C2CCCC(C(F)(F)F)C2)o1. The van der Waals surface area contributed by atoms with Crippen LogP contribution in [0.25, 0.3) is 0 Å². The van der Waals surface area contributed by atoms with Gasteiger partial charge in [0, 0.05) is 12.5 Å². The number of rotatable bonds is 2. The minimum atomic E-state index is -4.22. The second kappa shape index (κ2) is 6.78. The van der Waals surface area contributed by atoms with E-state index in [1.807, 2.05) is 13.0 Å². The van der Waals surface area contributed by atoms with Gasteiger partial charge in [0.2, 0.25) is 5.91 Å². The number of hydrogen-bond donors (Lipinski definition) is 0. The summed E-state index contributed by atoms with van der Waals surface area (Å²) in [5.74, 6) is -0.777. The van der Waals surface area contributed by atoms with Crippen molar-refractivity contribution in [2.24, 2.45) is 11.8 Å². The van der Waals surface area contributed by atoms with Crippen LogP contribution >= 0.6 is 0 Å². The van der Waals surface area contributed by atoms with Crippen molar-refractivity contribution in [1.82, 2.24) is 4.90 Å². The largest absolute Gasteiger partial charge is 0.464 e. The Morgan fingerprint density at radius 2 is 2.08 bits per heavy atom. The van der Waals surface area contributed by atoms with E-state index in [0.29, 0.717) is 38.4 Å². The smallest absolute Gasteiger partial charge is 0.391 e. The highest BCUT2D eigenvalue weighted by molar-refractivity contribution is 5.79. The lowest BCUT2D eigenvalue weighted by atomic mass is 9.80. The van der Waals surface area contributed by atoms with E-state index in [4.69, 9.17) is 9.15 Å². The van der Waals surface area contributed by atoms with Crippen molar-refractivity contribution in [2.75, 3.05) is 19.8 Å². The zero-order valence-electron chi connectivity index (χ0n) is 13.6. The van der Waals surface area contributed by atoms with E-state index in [1.165, 1.54) is 0 Å². The highest BCUT2D eigenvalue weighted by Gasteiger charge is 2.45. The first-order valence-electron chi connectivity index (χ1n) is 8.37. The first kappa shape index (κ1) is 17.3. The molecule has 1 aliphatic heterocycles. The molecule has 1 saturated carbocycles. The number of nitrogens with zero attached hydrogens (tertiary/aromatic N) is 1. The van der Waals surface area contributed by atoms with Gasteiger partial charge < -0.3 is 14.1 Å². The molecule has 3 atom stereocenters. The summed E-state index contributed by atoms with van der Waals surface area (Å²) in [7, 11) is 0. The van der Waals surface area contributed by atoms with Gasteiger partial charge in [0.05, 0.1) is 19.1 Å². The van der Waals surface area contributed by atoms with Crippen LogP contribution in [0.15, 0.2) is 16.5 Å². The number of halogens is 3. The van der Waals surface area contributed by atoms with Crippen molar-refractivity contribution < 1.29 is 27.1 Å². The predicted molar refractivity (Wildman–Crippen MR) is 80.2 cm³/mol. The number of aryl methyl sites for hydroxylation is 1. The zero-order valence-corrected chi connectivity index (χ0v) is 13.6. The molecule has 24 heavy (non-hydrogen) atoms. The van der Waals surface area contributed by atoms with Crippen LogP contribution in [0.3, 0.4) is 0 Å². The summed E-state index contributed by atoms with van der Waals surface area (Å²) in [5.41, 5.74) is 0. The number of ether oxygens (including phenoxy) is 1. The normalized spacial score (nSPS) is 28.8. The summed E-state index contributed by atoms with van der Waals surface area (Å²) >= 11 is 0. The second-order valence-corrected chi connectivity index (χ2v) is 6.67. The molecule has 0 aromatic carbocycles. The summed E-state index contributed by atoms with van der Waals surface area (Å²) < 4.78 is 50.1. The molecule has 2 aliphatic rings. The molecule has 0 spiro atoms. The Morgan fingerprint density at radius 1 is 1.29 bits per heavy atom. The standard InChI is InChI=1S/C17H22F3NO3/c1-11-5-6-15(24-11)14-10-23-8-7-21(14)16(22)12-3-2-4-13(9-12)17(18,19)20/h5-6,12-14H,2-4,7-10H2,1H3. The first-order chi connectivity index (χ1) is 11.4. The van der Waals surface area contributed by atoms with Gasteiger partial charge in [-0.3, -0.25) is 4.79 Å². The molecule has 134 valence electrons. The Balaban J connectivity index is 1.74. The molecule has 2 heterocycles. The van der Waals surface area contributed by atoms with Crippen LogP contribution in [0.2, 0.25) is 0 Å². The molecule has 7 heteroatoms. The van der Waals surface area contributed by atoms with Crippen LogP contribution in [0.5, 0.6) is 0 Å². The molecule has 1 amide bonds.